The van der Waals surface area contributed by atoms with Gasteiger partial charge in [0, 0.05) is 18.8 Å². The van der Waals surface area contributed by atoms with E-state index in [4.69, 9.17) is 4.74 Å². The Morgan fingerprint density at radius 1 is 1.16 bits per heavy atom. The number of hydrogen-bond donors (Lipinski definition) is 0. The summed E-state index contributed by atoms with van der Waals surface area (Å²) < 4.78 is 18.9. The molecule has 5 nitrogen and oxygen atoms in total. The normalized spacial score (nSPS) is 16.1. The molecule has 0 amide bonds. The maximum Gasteiger partial charge on any atom is 0.311 e. The highest BCUT2D eigenvalue weighted by Gasteiger charge is 2.19. The molecule has 2 aromatic rings. The number of ether oxygens (including phenoxy) is 1. The minimum atomic E-state index is -0.695. The molecule has 1 aliphatic rings. The highest BCUT2D eigenvalue weighted by atomic mass is 19.1. The van der Waals surface area contributed by atoms with Crippen LogP contribution in [0.4, 0.5) is 10.2 Å². The molecule has 100 valence electrons. The SMILES string of the molecule is Cc1cc2nc(F)nc(N3CCOCC3)c2c(C)n1. The minimum absolute atomic E-state index is 0.610. The average molecular weight is 262 g/mol. The van der Waals surface area contributed by atoms with Crippen LogP contribution < -0.4 is 4.90 Å². The van der Waals surface area contributed by atoms with Crippen LogP contribution in [0.15, 0.2) is 6.07 Å². The standard InChI is InChI=1S/C13H15FN4O/c1-8-7-10-11(9(2)15-8)12(17-13(14)16-10)18-3-5-19-6-4-18/h7H,3-6H2,1-2H3. The fourth-order valence-corrected chi connectivity index (χ4v) is 2.44. The molecule has 0 aliphatic carbocycles. The number of hydrogen-bond acceptors (Lipinski definition) is 5. The summed E-state index contributed by atoms with van der Waals surface area (Å²) in [5.41, 5.74) is 2.27. The van der Waals surface area contributed by atoms with Gasteiger partial charge in [0.05, 0.1) is 29.8 Å². The first-order valence-electron chi connectivity index (χ1n) is 6.29. The van der Waals surface area contributed by atoms with E-state index in [2.05, 4.69) is 15.0 Å². The Hall–Kier alpha value is -1.82. The molecule has 0 aromatic carbocycles. The molecule has 0 unspecified atom stereocenters. The third kappa shape index (κ3) is 2.23. The van der Waals surface area contributed by atoms with Crippen molar-refractivity contribution in [1.29, 1.82) is 0 Å². The van der Waals surface area contributed by atoms with Crippen molar-refractivity contribution in [3.63, 3.8) is 0 Å². The Kier molecular flexibility index (Phi) is 3.02. The highest BCUT2D eigenvalue weighted by molar-refractivity contribution is 5.91. The molecule has 1 fully saturated rings. The fraction of sp³-hybridized carbons (Fsp3) is 0.462. The maximum absolute atomic E-state index is 13.6. The molecule has 0 radical (unpaired) electrons. The molecular weight excluding hydrogens is 247 g/mol. The van der Waals surface area contributed by atoms with Gasteiger partial charge in [-0.15, -0.1) is 0 Å². The molecule has 19 heavy (non-hydrogen) atoms. The van der Waals surface area contributed by atoms with E-state index in [1.807, 2.05) is 18.7 Å². The number of fused-ring (bicyclic) bond motifs is 1. The van der Waals surface area contributed by atoms with Gasteiger partial charge in [0.25, 0.3) is 0 Å². The van der Waals surface area contributed by atoms with E-state index in [-0.39, 0.29) is 0 Å². The summed E-state index contributed by atoms with van der Waals surface area (Å²) in [7, 11) is 0. The summed E-state index contributed by atoms with van der Waals surface area (Å²) in [6, 6.07) is 1.79. The van der Waals surface area contributed by atoms with Gasteiger partial charge in [-0.2, -0.15) is 9.37 Å². The molecule has 0 spiro atoms. The molecule has 0 bridgehead atoms. The molecule has 0 saturated carbocycles. The van der Waals surface area contributed by atoms with Crippen LogP contribution in [0.3, 0.4) is 0 Å². The third-order valence-corrected chi connectivity index (χ3v) is 3.25. The van der Waals surface area contributed by atoms with Gasteiger partial charge < -0.3 is 9.64 Å². The van der Waals surface area contributed by atoms with Crippen molar-refractivity contribution < 1.29 is 9.13 Å². The predicted molar refractivity (Wildman–Crippen MR) is 69.8 cm³/mol. The summed E-state index contributed by atoms with van der Waals surface area (Å²) in [4.78, 5) is 14.3. The smallest absolute Gasteiger partial charge is 0.311 e. The summed E-state index contributed by atoms with van der Waals surface area (Å²) >= 11 is 0. The highest BCUT2D eigenvalue weighted by Crippen LogP contribution is 2.27. The van der Waals surface area contributed by atoms with E-state index in [0.717, 1.165) is 16.8 Å². The zero-order valence-electron chi connectivity index (χ0n) is 11.0. The zero-order chi connectivity index (χ0) is 13.4. The van der Waals surface area contributed by atoms with Crippen molar-refractivity contribution in [2.45, 2.75) is 13.8 Å². The van der Waals surface area contributed by atoms with Crippen LogP contribution in [-0.2, 0) is 4.74 Å². The van der Waals surface area contributed by atoms with Crippen LogP contribution in [0.5, 0.6) is 0 Å². The van der Waals surface area contributed by atoms with Gasteiger partial charge in [0.2, 0.25) is 0 Å². The molecule has 2 aromatic heterocycles. The monoisotopic (exact) mass is 262 g/mol. The van der Waals surface area contributed by atoms with E-state index in [9.17, 15) is 4.39 Å². The first-order chi connectivity index (χ1) is 9.15. The third-order valence-electron chi connectivity index (χ3n) is 3.25. The van der Waals surface area contributed by atoms with E-state index in [1.165, 1.54) is 0 Å². The summed E-state index contributed by atoms with van der Waals surface area (Å²) in [5, 5.41) is 0.828. The average Bonchev–Trinajstić information content (AvgIpc) is 2.38. The maximum atomic E-state index is 13.6. The second kappa shape index (κ2) is 4.70. The number of halogens is 1. The minimum Gasteiger partial charge on any atom is -0.378 e. The lowest BCUT2D eigenvalue weighted by molar-refractivity contribution is 0.122. The summed E-state index contributed by atoms with van der Waals surface area (Å²) in [5.74, 6) is 0.621. The van der Waals surface area contributed by atoms with Crippen LogP contribution in [0.25, 0.3) is 10.9 Å². The topological polar surface area (TPSA) is 51.1 Å². The molecule has 1 saturated heterocycles. The lowest BCUT2D eigenvalue weighted by Crippen LogP contribution is -2.37. The van der Waals surface area contributed by atoms with Gasteiger partial charge in [-0.25, -0.2) is 4.98 Å². The van der Waals surface area contributed by atoms with Gasteiger partial charge in [0.15, 0.2) is 0 Å². The predicted octanol–water partition coefficient (Wildman–Crippen LogP) is 1.62. The largest absolute Gasteiger partial charge is 0.378 e. The van der Waals surface area contributed by atoms with Crippen LogP contribution in [0.1, 0.15) is 11.4 Å². The first-order valence-corrected chi connectivity index (χ1v) is 6.29. The van der Waals surface area contributed by atoms with Crippen LogP contribution in [-0.4, -0.2) is 41.3 Å². The number of morpholine rings is 1. The van der Waals surface area contributed by atoms with Crippen molar-refractivity contribution in [3.05, 3.63) is 23.5 Å². The summed E-state index contributed by atoms with van der Waals surface area (Å²) in [6.45, 7) is 6.45. The van der Waals surface area contributed by atoms with Crippen molar-refractivity contribution >= 4 is 16.7 Å². The van der Waals surface area contributed by atoms with E-state index in [0.29, 0.717) is 37.6 Å². The van der Waals surface area contributed by atoms with Crippen LogP contribution in [0.2, 0.25) is 0 Å². The molecule has 3 rings (SSSR count). The number of aromatic nitrogens is 3. The zero-order valence-corrected chi connectivity index (χ0v) is 11.0. The van der Waals surface area contributed by atoms with E-state index < -0.39 is 6.08 Å². The Morgan fingerprint density at radius 2 is 1.89 bits per heavy atom. The number of aryl methyl sites for hydroxylation is 2. The van der Waals surface area contributed by atoms with Gasteiger partial charge in [-0.1, -0.05) is 0 Å². The van der Waals surface area contributed by atoms with Crippen molar-refractivity contribution in [3.8, 4) is 0 Å². The molecule has 6 heteroatoms. The fourth-order valence-electron chi connectivity index (χ4n) is 2.44. The number of anilines is 1. The molecule has 0 N–H and O–H groups in total. The van der Waals surface area contributed by atoms with Crippen molar-refractivity contribution in [2.75, 3.05) is 31.2 Å². The number of rotatable bonds is 1. The second-order valence-corrected chi connectivity index (χ2v) is 4.66. The van der Waals surface area contributed by atoms with Crippen molar-refractivity contribution in [1.82, 2.24) is 15.0 Å². The lowest BCUT2D eigenvalue weighted by atomic mass is 10.2. The Balaban J connectivity index is 2.22. The van der Waals surface area contributed by atoms with E-state index >= 15 is 0 Å². The van der Waals surface area contributed by atoms with Gasteiger partial charge in [-0.05, 0) is 19.9 Å². The lowest BCUT2D eigenvalue weighted by Gasteiger charge is -2.28. The molecule has 3 heterocycles. The molecule has 1 aliphatic heterocycles. The number of pyridine rings is 1. The van der Waals surface area contributed by atoms with Crippen LogP contribution in [0, 0.1) is 19.9 Å². The Bertz CT molecular complexity index is 620. The molecule has 0 atom stereocenters. The Morgan fingerprint density at radius 3 is 2.63 bits per heavy atom. The first kappa shape index (κ1) is 12.2. The summed E-state index contributed by atoms with van der Waals surface area (Å²) in [6.07, 6.45) is -0.695. The van der Waals surface area contributed by atoms with Crippen molar-refractivity contribution in [2.24, 2.45) is 0 Å². The quantitative estimate of drug-likeness (QED) is 0.731. The van der Waals surface area contributed by atoms with Gasteiger partial charge in [-0.3, -0.25) is 4.98 Å². The Labute approximate surface area is 110 Å². The van der Waals surface area contributed by atoms with Gasteiger partial charge >= 0.3 is 6.08 Å². The van der Waals surface area contributed by atoms with Crippen LogP contribution >= 0.6 is 0 Å². The second-order valence-electron chi connectivity index (χ2n) is 4.66. The number of nitrogens with zero attached hydrogens (tertiary/aromatic N) is 4. The molecular formula is C13H15FN4O. The van der Waals surface area contributed by atoms with E-state index in [1.54, 1.807) is 6.07 Å². The van der Waals surface area contributed by atoms with Gasteiger partial charge in [0.1, 0.15) is 5.82 Å².